The lowest BCUT2D eigenvalue weighted by atomic mass is 9.98. The Kier molecular flexibility index (Phi) is 9.05. The molecule has 0 saturated carbocycles. The van der Waals surface area contributed by atoms with Crippen LogP contribution in [0.25, 0.3) is 21.8 Å². The van der Waals surface area contributed by atoms with E-state index in [2.05, 4.69) is 20.4 Å². The first-order valence-electron chi connectivity index (χ1n) is 13.7. The van der Waals surface area contributed by atoms with E-state index >= 15 is 0 Å². The first-order valence-corrected chi connectivity index (χ1v) is 14.5. The molecule has 0 aliphatic rings. The molecule has 0 unspecified atom stereocenters. The predicted molar refractivity (Wildman–Crippen MR) is 152 cm³/mol. The Bertz CT molecular complexity index is 1840. The smallest absolute Gasteiger partial charge is 0.330 e. The lowest BCUT2D eigenvalue weighted by molar-refractivity contribution is -0.143. The number of alkyl halides is 9. The number of aromatic nitrogens is 5. The molecule has 47 heavy (non-hydrogen) atoms. The van der Waals surface area contributed by atoms with E-state index in [1.165, 1.54) is 48.7 Å². The van der Waals surface area contributed by atoms with Crippen molar-refractivity contribution in [2.75, 3.05) is 4.90 Å². The van der Waals surface area contributed by atoms with Gasteiger partial charge in [0.15, 0.2) is 0 Å². The molecular weight excluding hydrogens is 666 g/mol. The molecule has 0 aliphatic carbocycles. The van der Waals surface area contributed by atoms with Gasteiger partial charge in [-0.15, -0.1) is 16.4 Å². The molecule has 3 aromatic carbocycles. The molecule has 0 fully saturated rings. The Labute approximate surface area is 264 Å². The number of aryl methyl sites for hydroxylation is 2. The first kappa shape index (κ1) is 33.8. The summed E-state index contributed by atoms with van der Waals surface area (Å²) in [4.78, 5) is 7.42. The fourth-order valence-electron chi connectivity index (χ4n) is 4.78. The minimum atomic E-state index is -5.12. The molecule has 6 nitrogen and oxygen atoms in total. The zero-order valence-electron chi connectivity index (χ0n) is 24.3. The predicted octanol–water partition coefficient (Wildman–Crippen LogP) is 8.97. The number of benzene rings is 3. The van der Waals surface area contributed by atoms with Crippen LogP contribution in [0.2, 0.25) is 0 Å². The van der Waals surface area contributed by atoms with Gasteiger partial charge in [-0.25, -0.2) is 9.37 Å². The summed E-state index contributed by atoms with van der Waals surface area (Å²) in [7, 11) is 1.36. The molecule has 0 atom stereocenters. The van der Waals surface area contributed by atoms with Gasteiger partial charge in [-0.1, -0.05) is 18.1 Å². The van der Waals surface area contributed by atoms with E-state index in [-0.39, 0.29) is 23.1 Å². The lowest BCUT2D eigenvalue weighted by Crippen LogP contribution is -2.25. The summed E-state index contributed by atoms with van der Waals surface area (Å²) in [5.41, 5.74) is -3.53. The van der Waals surface area contributed by atoms with Gasteiger partial charge in [-0.3, -0.25) is 0 Å². The van der Waals surface area contributed by atoms with Crippen LogP contribution in [0.15, 0.2) is 60.7 Å². The van der Waals surface area contributed by atoms with E-state index < -0.39 is 59.7 Å². The van der Waals surface area contributed by atoms with Crippen molar-refractivity contribution in [2.45, 2.75) is 45.0 Å². The van der Waals surface area contributed by atoms with Crippen LogP contribution in [0.1, 0.15) is 39.6 Å². The summed E-state index contributed by atoms with van der Waals surface area (Å²) in [6, 6.07) is 9.37. The van der Waals surface area contributed by atoms with Crippen molar-refractivity contribution in [1.29, 1.82) is 0 Å². The van der Waals surface area contributed by atoms with Crippen LogP contribution in [0, 0.1) is 5.82 Å². The number of thiazole rings is 1. The van der Waals surface area contributed by atoms with Gasteiger partial charge < -0.3 is 4.90 Å². The summed E-state index contributed by atoms with van der Waals surface area (Å²) in [5.74, 6) is -0.741. The molecule has 0 bridgehead atoms. The van der Waals surface area contributed by atoms with Crippen LogP contribution in [0.3, 0.4) is 0 Å². The van der Waals surface area contributed by atoms with Crippen molar-refractivity contribution >= 4 is 17.3 Å². The quantitative estimate of drug-likeness (QED) is 0.152. The molecule has 5 rings (SSSR count). The number of nitrogens with zero attached hydrogens (tertiary/aromatic N) is 6. The summed E-state index contributed by atoms with van der Waals surface area (Å²) in [6.45, 7) is 0.652. The van der Waals surface area contributed by atoms with Crippen LogP contribution in [0.4, 0.5) is 49.9 Å². The molecule has 0 radical (unpaired) electrons. The highest BCUT2D eigenvalue weighted by molar-refractivity contribution is 7.15. The van der Waals surface area contributed by atoms with E-state index in [0.717, 1.165) is 21.8 Å². The first-order chi connectivity index (χ1) is 21.9. The highest BCUT2D eigenvalue weighted by atomic mass is 32.1. The highest BCUT2D eigenvalue weighted by Crippen LogP contribution is 2.40. The normalized spacial score (nSPS) is 12.5. The molecule has 0 N–H and O–H groups in total. The average molecular weight is 689 g/mol. The third kappa shape index (κ3) is 7.72. The Balaban J connectivity index is 1.64. The number of hydrogen-bond donors (Lipinski definition) is 0. The molecule has 0 saturated heterocycles. The van der Waals surface area contributed by atoms with Crippen molar-refractivity contribution in [1.82, 2.24) is 25.2 Å². The zero-order valence-corrected chi connectivity index (χ0v) is 25.1. The molecule has 248 valence electrons. The molecule has 5 aromatic rings. The fourth-order valence-corrected chi connectivity index (χ4v) is 5.81. The second kappa shape index (κ2) is 12.6. The maximum atomic E-state index is 13.9. The molecule has 0 aliphatic heterocycles. The largest absolute Gasteiger partial charge is 0.416 e. The Morgan fingerprint density at radius 3 is 1.91 bits per heavy atom. The van der Waals surface area contributed by atoms with Crippen molar-refractivity contribution in [2.24, 2.45) is 7.05 Å². The Hall–Kier alpha value is -4.54. The van der Waals surface area contributed by atoms with Crippen LogP contribution >= 0.6 is 11.3 Å². The molecule has 0 spiro atoms. The van der Waals surface area contributed by atoms with Crippen molar-refractivity contribution in [3.05, 3.63) is 99.2 Å². The standard InChI is InChI=1S/C30H22F10N6S/c1-3-24-25(41-26(47-24)17-4-7-22(31)8-5-17)23-9-6-19(28(32,33)34)12-18(23)15-46(27-42-44-45(2)43-27)14-16-10-20(29(35,36)37)13-21(11-16)30(38,39)40/h4-13H,3,14-15H2,1-2H3. The number of hydrogen-bond acceptors (Lipinski definition) is 6. The summed E-state index contributed by atoms with van der Waals surface area (Å²) >= 11 is 1.24. The molecule has 2 aromatic heterocycles. The number of rotatable bonds is 8. The van der Waals surface area contributed by atoms with Gasteiger partial charge in [0, 0.05) is 29.1 Å². The topological polar surface area (TPSA) is 59.7 Å². The van der Waals surface area contributed by atoms with E-state index in [1.807, 2.05) is 0 Å². The van der Waals surface area contributed by atoms with Gasteiger partial charge >= 0.3 is 18.5 Å². The van der Waals surface area contributed by atoms with Gasteiger partial charge in [-0.2, -0.15) is 44.3 Å². The highest BCUT2D eigenvalue weighted by Gasteiger charge is 2.37. The van der Waals surface area contributed by atoms with Crippen LogP contribution in [-0.2, 0) is 45.1 Å². The van der Waals surface area contributed by atoms with Gasteiger partial charge in [0.25, 0.3) is 5.95 Å². The van der Waals surface area contributed by atoms with Gasteiger partial charge in [0.1, 0.15) is 10.8 Å². The van der Waals surface area contributed by atoms with Crippen LogP contribution < -0.4 is 4.90 Å². The van der Waals surface area contributed by atoms with Crippen molar-refractivity contribution < 1.29 is 43.9 Å². The van der Waals surface area contributed by atoms with E-state index in [9.17, 15) is 43.9 Å². The SMILES string of the molecule is CCc1sc(-c2ccc(F)cc2)nc1-c1ccc(C(F)(F)F)cc1CN(Cc1cc(C(F)(F)F)cc(C(F)(F)F)c1)c1nnn(C)n1. The third-order valence-corrected chi connectivity index (χ3v) is 8.21. The maximum absolute atomic E-state index is 13.9. The van der Waals surface area contributed by atoms with Crippen molar-refractivity contribution in [3.8, 4) is 21.8 Å². The summed E-state index contributed by atoms with van der Waals surface area (Å²) in [6.07, 6.45) is -14.6. The summed E-state index contributed by atoms with van der Waals surface area (Å²) in [5, 5.41) is 12.0. The minimum absolute atomic E-state index is 0.0130. The lowest BCUT2D eigenvalue weighted by Gasteiger charge is -2.24. The molecular formula is C30H22F10N6S. The second-order valence-corrected chi connectivity index (χ2v) is 11.5. The van der Waals surface area contributed by atoms with Crippen LogP contribution in [-0.4, -0.2) is 25.2 Å². The fraction of sp³-hybridized carbons (Fsp3) is 0.267. The minimum Gasteiger partial charge on any atom is -0.330 e. The van der Waals surface area contributed by atoms with Crippen LogP contribution in [0.5, 0.6) is 0 Å². The van der Waals surface area contributed by atoms with Crippen molar-refractivity contribution in [3.63, 3.8) is 0 Å². The van der Waals surface area contributed by atoms with E-state index in [1.54, 1.807) is 6.92 Å². The number of halogens is 10. The maximum Gasteiger partial charge on any atom is 0.416 e. The number of tetrazole rings is 1. The number of anilines is 1. The summed E-state index contributed by atoms with van der Waals surface area (Å²) < 4.78 is 137. The van der Waals surface area contributed by atoms with E-state index in [4.69, 9.17) is 0 Å². The zero-order chi connectivity index (χ0) is 34.3. The second-order valence-electron chi connectivity index (χ2n) is 10.4. The molecule has 17 heteroatoms. The Morgan fingerprint density at radius 1 is 0.766 bits per heavy atom. The van der Waals surface area contributed by atoms with E-state index in [0.29, 0.717) is 39.7 Å². The Morgan fingerprint density at radius 2 is 1.38 bits per heavy atom. The molecule has 2 heterocycles. The van der Waals surface area contributed by atoms with Gasteiger partial charge in [-0.05, 0) is 77.4 Å². The molecule has 0 amide bonds. The monoisotopic (exact) mass is 688 g/mol. The van der Waals surface area contributed by atoms with Gasteiger partial charge in [0.05, 0.1) is 29.4 Å². The third-order valence-electron chi connectivity index (χ3n) is 6.96. The van der Waals surface area contributed by atoms with Gasteiger partial charge in [0.2, 0.25) is 0 Å². The average Bonchev–Trinajstić information content (AvgIpc) is 3.62.